The number of anilines is 1. The van der Waals surface area contributed by atoms with Gasteiger partial charge in [-0.1, -0.05) is 22.0 Å². The zero-order valence-electron chi connectivity index (χ0n) is 11.9. The number of methoxy groups -OCH3 is 1. The summed E-state index contributed by atoms with van der Waals surface area (Å²) in [6.45, 7) is 2.71. The summed E-state index contributed by atoms with van der Waals surface area (Å²) < 4.78 is 8.46. The van der Waals surface area contributed by atoms with Crippen LogP contribution in [-0.4, -0.2) is 16.5 Å². The molecule has 0 radical (unpaired) electrons. The van der Waals surface area contributed by atoms with Gasteiger partial charge in [-0.3, -0.25) is 0 Å². The van der Waals surface area contributed by atoms with Crippen molar-refractivity contribution in [3.63, 3.8) is 0 Å². The number of fused-ring (bicyclic) bond motifs is 1. The molecule has 1 aromatic carbocycles. The number of nitrogens with one attached hydrogen (secondary N) is 1. The fourth-order valence-electron chi connectivity index (χ4n) is 2.35. The van der Waals surface area contributed by atoms with E-state index in [1.807, 2.05) is 41.1 Å². The van der Waals surface area contributed by atoms with Crippen LogP contribution in [0.3, 0.4) is 0 Å². The van der Waals surface area contributed by atoms with Crippen molar-refractivity contribution < 1.29 is 4.74 Å². The molecule has 0 aliphatic heterocycles. The van der Waals surface area contributed by atoms with E-state index in [-0.39, 0.29) is 0 Å². The van der Waals surface area contributed by atoms with Crippen LogP contribution in [0.2, 0.25) is 0 Å². The molecule has 21 heavy (non-hydrogen) atoms. The molecule has 2 heterocycles. The molecule has 0 spiro atoms. The lowest BCUT2D eigenvalue weighted by molar-refractivity contribution is 0.416. The van der Waals surface area contributed by atoms with Gasteiger partial charge >= 0.3 is 0 Å². The molecule has 0 saturated heterocycles. The quantitative estimate of drug-likeness (QED) is 0.775. The van der Waals surface area contributed by atoms with Gasteiger partial charge in [-0.05, 0) is 36.8 Å². The minimum atomic E-state index is 0.653. The Kier molecular flexibility index (Phi) is 3.84. The molecule has 0 aliphatic rings. The first-order valence-electron chi connectivity index (χ1n) is 6.68. The van der Waals surface area contributed by atoms with Crippen LogP contribution in [0.1, 0.15) is 11.3 Å². The Balaban J connectivity index is 1.84. The second-order valence-corrected chi connectivity index (χ2v) is 5.77. The Morgan fingerprint density at radius 2 is 2.19 bits per heavy atom. The zero-order valence-corrected chi connectivity index (χ0v) is 13.5. The van der Waals surface area contributed by atoms with Gasteiger partial charge in [0.05, 0.1) is 25.0 Å². The van der Waals surface area contributed by atoms with E-state index in [1.54, 1.807) is 7.11 Å². The largest absolute Gasteiger partial charge is 0.495 e. The normalized spacial score (nSPS) is 10.8. The molecular weight excluding hydrogens is 330 g/mol. The Hall–Kier alpha value is -2.01. The number of nitrogens with zero attached hydrogens (tertiary/aromatic N) is 2. The van der Waals surface area contributed by atoms with Crippen LogP contribution >= 0.6 is 15.9 Å². The van der Waals surface area contributed by atoms with Crippen LogP contribution in [0.15, 0.2) is 47.2 Å². The summed E-state index contributed by atoms with van der Waals surface area (Å²) in [5.41, 5.74) is 4.07. The number of aromatic nitrogens is 2. The van der Waals surface area contributed by atoms with Crippen molar-refractivity contribution >= 4 is 27.3 Å². The average molecular weight is 346 g/mol. The van der Waals surface area contributed by atoms with E-state index in [0.29, 0.717) is 6.54 Å². The van der Waals surface area contributed by atoms with Gasteiger partial charge in [-0.25, -0.2) is 4.98 Å². The first-order valence-corrected chi connectivity index (χ1v) is 7.47. The Morgan fingerprint density at radius 1 is 1.33 bits per heavy atom. The van der Waals surface area contributed by atoms with Crippen molar-refractivity contribution in [1.29, 1.82) is 0 Å². The standard InChI is InChI=1S/C16H16BrN3O/c1-11-7-12(17)8-14(21-2)16(11)18-9-13-10-20-6-4-3-5-15(20)19-13/h3-8,10,18H,9H2,1-2H3. The van der Waals surface area contributed by atoms with Crippen molar-refractivity contribution in [3.8, 4) is 5.75 Å². The van der Waals surface area contributed by atoms with Gasteiger partial charge in [0.15, 0.2) is 0 Å². The topological polar surface area (TPSA) is 38.6 Å². The number of benzene rings is 1. The molecule has 4 nitrogen and oxygen atoms in total. The number of hydrogen-bond donors (Lipinski definition) is 1. The van der Waals surface area contributed by atoms with Gasteiger partial charge < -0.3 is 14.5 Å². The third-order valence-electron chi connectivity index (χ3n) is 3.34. The molecule has 108 valence electrons. The number of imidazole rings is 1. The molecule has 0 fully saturated rings. The number of ether oxygens (including phenoxy) is 1. The highest BCUT2D eigenvalue weighted by Crippen LogP contribution is 2.32. The molecule has 3 rings (SSSR count). The second kappa shape index (κ2) is 5.77. The highest BCUT2D eigenvalue weighted by atomic mass is 79.9. The summed E-state index contributed by atoms with van der Waals surface area (Å²) in [5.74, 6) is 0.825. The SMILES string of the molecule is COc1cc(Br)cc(C)c1NCc1cn2ccccc2n1. The smallest absolute Gasteiger partial charge is 0.143 e. The van der Waals surface area contributed by atoms with E-state index in [1.165, 1.54) is 0 Å². The third kappa shape index (κ3) is 2.88. The maximum absolute atomic E-state index is 5.44. The van der Waals surface area contributed by atoms with E-state index in [2.05, 4.69) is 39.2 Å². The molecule has 0 unspecified atom stereocenters. The van der Waals surface area contributed by atoms with Crippen LogP contribution < -0.4 is 10.1 Å². The van der Waals surface area contributed by atoms with Crippen molar-refractivity contribution in [3.05, 3.63) is 58.5 Å². The first kappa shape index (κ1) is 13.9. The molecule has 0 amide bonds. The van der Waals surface area contributed by atoms with E-state index in [4.69, 9.17) is 4.74 Å². The number of pyridine rings is 1. The Bertz CT molecular complexity index is 749. The van der Waals surface area contributed by atoms with Crippen LogP contribution in [0, 0.1) is 6.92 Å². The minimum absolute atomic E-state index is 0.653. The van der Waals surface area contributed by atoms with E-state index in [9.17, 15) is 0 Å². The highest BCUT2D eigenvalue weighted by Gasteiger charge is 2.09. The second-order valence-electron chi connectivity index (χ2n) is 4.85. The molecule has 2 aromatic heterocycles. The van der Waals surface area contributed by atoms with Gasteiger partial charge in [-0.2, -0.15) is 0 Å². The lowest BCUT2D eigenvalue weighted by Crippen LogP contribution is -2.03. The zero-order chi connectivity index (χ0) is 14.8. The summed E-state index contributed by atoms with van der Waals surface area (Å²) in [6, 6.07) is 10.00. The van der Waals surface area contributed by atoms with Crippen LogP contribution in [-0.2, 0) is 6.54 Å². The lowest BCUT2D eigenvalue weighted by atomic mass is 10.2. The molecular formula is C16H16BrN3O. The van der Waals surface area contributed by atoms with Gasteiger partial charge in [0.2, 0.25) is 0 Å². The van der Waals surface area contributed by atoms with Crippen molar-refractivity contribution in [1.82, 2.24) is 9.38 Å². The fraction of sp³-hybridized carbons (Fsp3) is 0.188. The summed E-state index contributed by atoms with van der Waals surface area (Å²) in [4.78, 5) is 4.58. The van der Waals surface area contributed by atoms with Crippen molar-refractivity contribution in [2.45, 2.75) is 13.5 Å². The maximum Gasteiger partial charge on any atom is 0.143 e. The number of halogens is 1. The van der Waals surface area contributed by atoms with E-state index < -0.39 is 0 Å². The molecule has 1 N–H and O–H groups in total. The van der Waals surface area contributed by atoms with E-state index in [0.717, 1.165) is 32.8 Å². The third-order valence-corrected chi connectivity index (χ3v) is 3.80. The van der Waals surface area contributed by atoms with Crippen LogP contribution in [0.25, 0.3) is 5.65 Å². The van der Waals surface area contributed by atoms with Gasteiger partial charge in [-0.15, -0.1) is 0 Å². The Labute approximate surface area is 131 Å². The Morgan fingerprint density at radius 3 is 2.95 bits per heavy atom. The molecule has 0 saturated carbocycles. The summed E-state index contributed by atoms with van der Waals surface area (Å²) in [7, 11) is 1.68. The van der Waals surface area contributed by atoms with Crippen molar-refractivity contribution in [2.24, 2.45) is 0 Å². The molecule has 0 aliphatic carbocycles. The monoisotopic (exact) mass is 345 g/mol. The van der Waals surface area contributed by atoms with Crippen LogP contribution in [0.5, 0.6) is 5.75 Å². The van der Waals surface area contributed by atoms with Gasteiger partial charge in [0.25, 0.3) is 0 Å². The number of rotatable bonds is 4. The van der Waals surface area contributed by atoms with E-state index >= 15 is 0 Å². The number of aryl methyl sites for hydroxylation is 1. The predicted octanol–water partition coefficient (Wildman–Crippen LogP) is 4.03. The van der Waals surface area contributed by atoms with Gasteiger partial charge in [0.1, 0.15) is 11.4 Å². The maximum atomic E-state index is 5.44. The van der Waals surface area contributed by atoms with Crippen molar-refractivity contribution in [2.75, 3.05) is 12.4 Å². The summed E-state index contributed by atoms with van der Waals surface area (Å²) >= 11 is 3.48. The lowest BCUT2D eigenvalue weighted by Gasteiger charge is -2.13. The highest BCUT2D eigenvalue weighted by molar-refractivity contribution is 9.10. The minimum Gasteiger partial charge on any atom is -0.495 e. The molecule has 0 atom stereocenters. The molecule has 0 bridgehead atoms. The predicted molar refractivity (Wildman–Crippen MR) is 87.9 cm³/mol. The summed E-state index contributed by atoms with van der Waals surface area (Å²) in [6.07, 6.45) is 4.03. The van der Waals surface area contributed by atoms with Crippen LogP contribution in [0.4, 0.5) is 5.69 Å². The number of hydrogen-bond acceptors (Lipinski definition) is 3. The summed E-state index contributed by atoms with van der Waals surface area (Å²) in [5, 5.41) is 3.42. The average Bonchev–Trinajstić information content (AvgIpc) is 2.88. The first-order chi connectivity index (χ1) is 10.2. The van der Waals surface area contributed by atoms with Gasteiger partial charge in [0, 0.05) is 16.9 Å². The molecule has 3 aromatic rings. The molecule has 5 heteroatoms. The fourth-order valence-corrected chi connectivity index (χ4v) is 2.90.